The maximum atomic E-state index is 11.2. The predicted octanol–water partition coefficient (Wildman–Crippen LogP) is 1.28. The van der Waals surface area contributed by atoms with Crippen molar-refractivity contribution in [3.8, 4) is 0 Å². The van der Waals surface area contributed by atoms with Gasteiger partial charge < -0.3 is 15.1 Å². The average Bonchev–Trinajstić information content (AvgIpc) is 2.35. The first-order valence-corrected chi connectivity index (χ1v) is 6.37. The first-order valence-electron chi connectivity index (χ1n) is 6.37. The standard InChI is InChI=1S/C12H19N5O3/c1-8-6-16(7-12(2,3)20-8)11-9(17(18)19)4-5-10(14-11)15-13/h4-5,8H,6-7,13H2,1-3H3,(H,14,15). The average molecular weight is 281 g/mol. The summed E-state index contributed by atoms with van der Waals surface area (Å²) < 4.78 is 5.80. The summed E-state index contributed by atoms with van der Waals surface area (Å²) in [5, 5.41) is 11.2. The number of anilines is 2. The van der Waals surface area contributed by atoms with Crippen molar-refractivity contribution in [2.45, 2.75) is 32.5 Å². The third-order valence-electron chi connectivity index (χ3n) is 3.07. The third kappa shape index (κ3) is 2.97. The minimum absolute atomic E-state index is 0.0327. The van der Waals surface area contributed by atoms with Gasteiger partial charge in [-0.1, -0.05) is 0 Å². The number of aromatic nitrogens is 1. The van der Waals surface area contributed by atoms with Gasteiger partial charge in [0, 0.05) is 19.2 Å². The number of pyridine rings is 1. The van der Waals surface area contributed by atoms with Crippen molar-refractivity contribution in [3.05, 3.63) is 22.2 Å². The fraction of sp³-hybridized carbons (Fsp3) is 0.583. The molecule has 0 amide bonds. The number of nitrogens with zero attached hydrogens (tertiary/aromatic N) is 3. The highest BCUT2D eigenvalue weighted by atomic mass is 16.6. The Morgan fingerprint density at radius 1 is 1.60 bits per heavy atom. The lowest BCUT2D eigenvalue weighted by Crippen LogP contribution is -2.52. The number of nitrogens with one attached hydrogen (secondary N) is 1. The van der Waals surface area contributed by atoms with E-state index in [9.17, 15) is 10.1 Å². The Balaban J connectivity index is 2.41. The summed E-state index contributed by atoms with van der Waals surface area (Å²) in [7, 11) is 0. The van der Waals surface area contributed by atoms with Gasteiger partial charge in [0.05, 0.1) is 16.6 Å². The number of hydrogen-bond acceptors (Lipinski definition) is 7. The number of ether oxygens (including phenoxy) is 1. The Kier molecular flexibility index (Phi) is 3.78. The fourth-order valence-corrected chi connectivity index (χ4v) is 2.51. The Morgan fingerprint density at radius 2 is 2.30 bits per heavy atom. The van der Waals surface area contributed by atoms with Crippen LogP contribution in [0.1, 0.15) is 20.8 Å². The van der Waals surface area contributed by atoms with Crippen LogP contribution < -0.4 is 16.2 Å². The first-order chi connectivity index (χ1) is 9.32. The maximum Gasteiger partial charge on any atom is 0.311 e. The van der Waals surface area contributed by atoms with Crippen LogP contribution in [0.3, 0.4) is 0 Å². The Morgan fingerprint density at radius 3 is 2.85 bits per heavy atom. The fourth-order valence-electron chi connectivity index (χ4n) is 2.51. The second-order valence-electron chi connectivity index (χ2n) is 5.51. The molecule has 2 rings (SSSR count). The van der Waals surface area contributed by atoms with Crippen molar-refractivity contribution >= 4 is 17.3 Å². The zero-order valence-electron chi connectivity index (χ0n) is 11.8. The van der Waals surface area contributed by atoms with Crippen molar-refractivity contribution in [1.82, 2.24) is 4.98 Å². The highest BCUT2D eigenvalue weighted by molar-refractivity contribution is 5.62. The van der Waals surface area contributed by atoms with Gasteiger partial charge in [0.15, 0.2) is 0 Å². The van der Waals surface area contributed by atoms with Gasteiger partial charge in [-0.25, -0.2) is 10.8 Å². The van der Waals surface area contributed by atoms with E-state index < -0.39 is 4.92 Å². The van der Waals surface area contributed by atoms with Crippen LogP contribution in [-0.2, 0) is 4.74 Å². The maximum absolute atomic E-state index is 11.2. The van der Waals surface area contributed by atoms with Gasteiger partial charge >= 0.3 is 5.69 Å². The van der Waals surface area contributed by atoms with Gasteiger partial charge in [-0.3, -0.25) is 10.1 Å². The van der Waals surface area contributed by atoms with Crippen LogP contribution in [0.2, 0.25) is 0 Å². The lowest BCUT2D eigenvalue weighted by molar-refractivity contribution is -0.384. The molecule has 8 heteroatoms. The molecule has 1 aromatic heterocycles. The number of nitrogens with two attached hydrogens (primary N) is 1. The molecule has 0 aromatic carbocycles. The molecule has 20 heavy (non-hydrogen) atoms. The smallest absolute Gasteiger partial charge is 0.311 e. The first kappa shape index (κ1) is 14.5. The highest BCUT2D eigenvalue weighted by Gasteiger charge is 2.34. The molecule has 3 N–H and O–H groups in total. The van der Waals surface area contributed by atoms with Crippen LogP contribution in [0.4, 0.5) is 17.3 Å². The van der Waals surface area contributed by atoms with Crippen molar-refractivity contribution in [2.24, 2.45) is 5.84 Å². The number of hydrazine groups is 1. The van der Waals surface area contributed by atoms with E-state index >= 15 is 0 Å². The van der Waals surface area contributed by atoms with E-state index in [1.54, 1.807) is 0 Å². The van der Waals surface area contributed by atoms with Gasteiger partial charge in [-0.2, -0.15) is 0 Å². The van der Waals surface area contributed by atoms with Crippen LogP contribution >= 0.6 is 0 Å². The number of morpholine rings is 1. The molecule has 0 saturated carbocycles. The summed E-state index contributed by atoms with van der Waals surface area (Å²) in [6.07, 6.45) is -0.0327. The Hall–Kier alpha value is -1.93. The van der Waals surface area contributed by atoms with Crippen molar-refractivity contribution < 1.29 is 9.66 Å². The van der Waals surface area contributed by atoms with Gasteiger partial charge in [0.25, 0.3) is 0 Å². The van der Waals surface area contributed by atoms with E-state index in [-0.39, 0.29) is 17.4 Å². The Bertz CT molecular complexity index is 520. The monoisotopic (exact) mass is 281 g/mol. The molecule has 0 bridgehead atoms. The summed E-state index contributed by atoms with van der Waals surface area (Å²) in [4.78, 5) is 16.8. The minimum atomic E-state index is -0.435. The molecule has 0 radical (unpaired) electrons. The number of nitrogen functional groups attached to an aromatic ring is 1. The normalized spacial score (nSPS) is 21.6. The summed E-state index contributed by atoms with van der Waals surface area (Å²) in [6, 6.07) is 2.89. The summed E-state index contributed by atoms with van der Waals surface area (Å²) >= 11 is 0. The van der Waals surface area contributed by atoms with E-state index in [2.05, 4.69) is 10.4 Å². The van der Waals surface area contributed by atoms with E-state index in [1.807, 2.05) is 25.7 Å². The minimum Gasteiger partial charge on any atom is -0.369 e. The SMILES string of the molecule is CC1CN(c2nc(NN)ccc2[N+](=O)[O-])CC(C)(C)O1. The molecule has 0 aliphatic carbocycles. The highest BCUT2D eigenvalue weighted by Crippen LogP contribution is 2.32. The quantitative estimate of drug-likeness (QED) is 0.488. The van der Waals surface area contributed by atoms with Crippen LogP contribution in [0.25, 0.3) is 0 Å². The van der Waals surface area contributed by atoms with E-state index in [4.69, 9.17) is 10.6 Å². The molecule has 1 fully saturated rings. The molecule has 1 unspecified atom stereocenters. The second kappa shape index (κ2) is 5.22. The number of rotatable bonds is 3. The molecule has 1 aliphatic heterocycles. The van der Waals surface area contributed by atoms with E-state index in [0.717, 1.165) is 0 Å². The lowest BCUT2D eigenvalue weighted by atomic mass is 10.1. The van der Waals surface area contributed by atoms with Gasteiger partial charge in [-0.15, -0.1) is 0 Å². The molecule has 1 atom stereocenters. The zero-order chi connectivity index (χ0) is 14.9. The predicted molar refractivity (Wildman–Crippen MR) is 75.5 cm³/mol. The summed E-state index contributed by atoms with van der Waals surface area (Å²) in [5.41, 5.74) is 1.99. The number of nitro groups is 1. The zero-order valence-corrected chi connectivity index (χ0v) is 11.8. The van der Waals surface area contributed by atoms with E-state index in [1.165, 1.54) is 12.1 Å². The lowest BCUT2D eigenvalue weighted by Gasteiger charge is -2.42. The van der Waals surface area contributed by atoms with Crippen molar-refractivity contribution in [3.63, 3.8) is 0 Å². The van der Waals surface area contributed by atoms with Gasteiger partial charge in [-0.05, 0) is 26.8 Å². The molecular formula is C12H19N5O3. The largest absolute Gasteiger partial charge is 0.369 e. The molecular weight excluding hydrogens is 262 g/mol. The molecule has 110 valence electrons. The molecule has 1 saturated heterocycles. The topological polar surface area (TPSA) is 107 Å². The molecule has 1 aromatic rings. The summed E-state index contributed by atoms with van der Waals surface area (Å²) in [5.74, 6) is 6.03. The molecule has 2 heterocycles. The number of hydrogen-bond donors (Lipinski definition) is 2. The van der Waals surface area contributed by atoms with Crippen LogP contribution in [0.15, 0.2) is 12.1 Å². The summed E-state index contributed by atoms with van der Waals surface area (Å²) in [6.45, 7) is 6.91. The second-order valence-corrected chi connectivity index (χ2v) is 5.51. The molecule has 8 nitrogen and oxygen atoms in total. The van der Waals surface area contributed by atoms with Gasteiger partial charge in [0.2, 0.25) is 5.82 Å². The van der Waals surface area contributed by atoms with Gasteiger partial charge in [0.1, 0.15) is 5.82 Å². The van der Waals surface area contributed by atoms with Crippen molar-refractivity contribution in [2.75, 3.05) is 23.4 Å². The molecule has 0 spiro atoms. The Labute approximate surface area is 117 Å². The van der Waals surface area contributed by atoms with Crippen LogP contribution in [0.5, 0.6) is 0 Å². The van der Waals surface area contributed by atoms with E-state index in [0.29, 0.717) is 24.7 Å². The van der Waals surface area contributed by atoms with Crippen molar-refractivity contribution in [1.29, 1.82) is 0 Å². The third-order valence-corrected chi connectivity index (χ3v) is 3.07. The molecule has 1 aliphatic rings. The van der Waals surface area contributed by atoms with Crippen LogP contribution in [0, 0.1) is 10.1 Å². The van der Waals surface area contributed by atoms with Crippen LogP contribution in [-0.4, -0.2) is 34.7 Å².